The SMILES string of the molecule is O=c1ccc(S(=O)(=O)N2CCCC2)cn1Cc1cccc(Cl)c1. The molecule has 0 spiro atoms. The number of hydrogen-bond donors (Lipinski definition) is 0. The number of hydrogen-bond acceptors (Lipinski definition) is 3. The molecule has 1 fully saturated rings. The molecule has 23 heavy (non-hydrogen) atoms. The Morgan fingerprint density at radius 3 is 2.52 bits per heavy atom. The number of aromatic nitrogens is 1. The van der Waals surface area contributed by atoms with Gasteiger partial charge in [0.1, 0.15) is 0 Å². The zero-order valence-corrected chi connectivity index (χ0v) is 14.1. The molecular weight excluding hydrogens is 336 g/mol. The Morgan fingerprint density at radius 1 is 1.09 bits per heavy atom. The third kappa shape index (κ3) is 3.49. The average Bonchev–Trinajstić information content (AvgIpc) is 3.04. The predicted molar refractivity (Wildman–Crippen MR) is 89.2 cm³/mol. The monoisotopic (exact) mass is 352 g/mol. The summed E-state index contributed by atoms with van der Waals surface area (Å²) in [6, 6.07) is 9.84. The molecule has 0 unspecified atom stereocenters. The lowest BCUT2D eigenvalue weighted by molar-refractivity contribution is 0.476. The van der Waals surface area contributed by atoms with Crippen molar-refractivity contribution in [1.29, 1.82) is 0 Å². The molecule has 0 amide bonds. The van der Waals surface area contributed by atoms with Gasteiger partial charge in [-0.25, -0.2) is 8.42 Å². The van der Waals surface area contributed by atoms with E-state index in [2.05, 4.69) is 0 Å². The number of benzene rings is 1. The van der Waals surface area contributed by atoms with E-state index in [1.165, 1.54) is 27.2 Å². The summed E-state index contributed by atoms with van der Waals surface area (Å²) in [7, 11) is -3.53. The maximum atomic E-state index is 12.6. The minimum Gasteiger partial charge on any atom is -0.310 e. The second-order valence-corrected chi connectivity index (χ2v) is 7.95. The van der Waals surface area contributed by atoms with Crippen LogP contribution in [0.4, 0.5) is 0 Å². The van der Waals surface area contributed by atoms with Crippen LogP contribution in [0.3, 0.4) is 0 Å². The quantitative estimate of drug-likeness (QED) is 0.848. The van der Waals surface area contributed by atoms with E-state index < -0.39 is 10.0 Å². The first kappa shape index (κ1) is 16.2. The van der Waals surface area contributed by atoms with Gasteiger partial charge in [-0.2, -0.15) is 4.31 Å². The number of sulfonamides is 1. The fourth-order valence-corrected chi connectivity index (χ4v) is 4.45. The van der Waals surface area contributed by atoms with Gasteiger partial charge in [0.25, 0.3) is 5.56 Å². The van der Waals surface area contributed by atoms with Gasteiger partial charge in [0.2, 0.25) is 10.0 Å². The lowest BCUT2D eigenvalue weighted by atomic mass is 10.2. The maximum absolute atomic E-state index is 12.6. The Balaban J connectivity index is 1.94. The summed E-state index contributed by atoms with van der Waals surface area (Å²) in [4.78, 5) is 12.2. The van der Waals surface area contributed by atoms with Crippen LogP contribution in [0.1, 0.15) is 18.4 Å². The van der Waals surface area contributed by atoms with Gasteiger partial charge in [-0.05, 0) is 36.6 Å². The van der Waals surface area contributed by atoms with E-state index in [0.29, 0.717) is 18.1 Å². The molecule has 1 aliphatic rings. The van der Waals surface area contributed by atoms with Crippen LogP contribution in [0.25, 0.3) is 0 Å². The lowest BCUT2D eigenvalue weighted by Gasteiger charge is -2.16. The molecule has 0 bridgehead atoms. The highest BCUT2D eigenvalue weighted by atomic mass is 35.5. The number of nitrogens with zero attached hydrogens (tertiary/aromatic N) is 2. The summed E-state index contributed by atoms with van der Waals surface area (Å²) >= 11 is 5.95. The van der Waals surface area contributed by atoms with Crippen LogP contribution in [0.2, 0.25) is 5.02 Å². The highest BCUT2D eigenvalue weighted by Gasteiger charge is 2.27. The van der Waals surface area contributed by atoms with E-state index in [1.807, 2.05) is 6.07 Å². The van der Waals surface area contributed by atoms with Gasteiger partial charge in [0.15, 0.2) is 0 Å². The smallest absolute Gasteiger partial charge is 0.250 e. The molecule has 0 atom stereocenters. The zero-order chi connectivity index (χ0) is 16.4. The van der Waals surface area contributed by atoms with Crippen molar-refractivity contribution in [1.82, 2.24) is 8.87 Å². The van der Waals surface area contributed by atoms with Gasteiger partial charge in [-0.3, -0.25) is 4.79 Å². The van der Waals surface area contributed by atoms with Gasteiger partial charge in [-0.1, -0.05) is 23.7 Å². The molecule has 2 heterocycles. The molecular formula is C16H17ClN2O3S. The van der Waals surface area contributed by atoms with Crippen LogP contribution in [0.15, 0.2) is 52.3 Å². The van der Waals surface area contributed by atoms with E-state index in [0.717, 1.165) is 18.4 Å². The van der Waals surface area contributed by atoms with Crippen LogP contribution in [-0.2, 0) is 16.6 Å². The topological polar surface area (TPSA) is 59.4 Å². The first-order valence-corrected chi connectivity index (χ1v) is 9.24. The van der Waals surface area contributed by atoms with Crippen molar-refractivity contribution in [3.63, 3.8) is 0 Å². The van der Waals surface area contributed by atoms with E-state index in [1.54, 1.807) is 18.2 Å². The number of pyridine rings is 1. The van der Waals surface area contributed by atoms with E-state index in [4.69, 9.17) is 11.6 Å². The van der Waals surface area contributed by atoms with E-state index >= 15 is 0 Å². The van der Waals surface area contributed by atoms with Gasteiger partial charge < -0.3 is 4.57 Å². The molecule has 2 aromatic rings. The fraction of sp³-hybridized carbons (Fsp3) is 0.312. The van der Waals surface area contributed by atoms with Crippen LogP contribution in [0, 0.1) is 0 Å². The third-order valence-corrected chi connectivity index (χ3v) is 6.02. The molecule has 0 saturated carbocycles. The van der Waals surface area contributed by atoms with Crippen molar-refractivity contribution in [3.05, 3.63) is 63.5 Å². The van der Waals surface area contributed by atoms with Crippen molar-refractivity contribution >= 4 is 21.6 Å². The van der Waals surface area contributed by atoms with Crippen molar-refractivity contribution in [2.24, 2.45) is 0 Å². The molecule has 1 saturated heterocycles. The zero-order valence-electron chi connectivity index (χ0n) is 12.5. The minimum absolute atomic E-state index is 0.154. The molecule has 0 N–H and O–H groups in total. The largest absolute Gasteiger partial charge is 0.310 e. The minimum atomic E-state index is -3.53. The summed E-state index contributed by atoms with van der Waals surface area (Å²) in [6.07, 6.45) is 3.17. The van der Waals surface area contributed by atoms with Crippen LogP contribution >= 0.6 is 11.6 Å². The van der Waals surface area contributed by atoms with Gasteiger partial charge in [-0.15, -0.1) is 0 Å². The van der Waals surface area contributed by atoms with Crippen LogP contribution < -0.4 is 5.56 Å². The molecule has 122 valence electrons. The van der Waals surface area contributed by atoms with E-state index in [-0.39, 0.29) is 17.0 Å². The molecule has 0 radical (unpaired) electrons. The Hall–Kier alpha value is -1.63. The summed E-state index contributed by atoms with van der Waals surface area (Å²) in [6.45, 7) is 1.36. The summed E-state index contributed by atoms with van der Waals surface area (Å²) in [5, 5.41) is 0.580. The lowest BCUT2D eigenvalue weighted by Crippen LogP contribution is -2.29. The Labute approximate surface area is 140 Å². The van der Waals surface area contributed by atoms with Crippen molar-refractivity contribution in [3.8, 4) is 0 Å². The summed E-state index contributed by atoms with van der Waals surface area (Å²) in [5.74, 6) is 0. The molecule has 1 aliphatic heterocycles. The molecule has 1 aromatic carbocycles. The number of halogens is 1. The summed E-state index contributed by atoms with van der Waals surface area (Å²) < 4.78 is 28.1. The fourth-order valence-electron chi connectivity index (χ4n) is 2.70. The Kier molecular flexibility index (Phi) is 4.57. The average molecular weight is 353 g/mol. The van der Waals surface area contributed by atoms with Crippen molar-refractivity contribution < 1.29 is 8.42 Å². The van der Waals surface area contributed by atoms with E-state index in [9.17, 15) is 13.2 Å². The second kappa shape index (κ2) is 6.47. The number of rotatable bonds is 4. The second-order valence-electron chi connectivity index (χ2n) is 5.57. The molecule has 1 aromatic heterocycles. The van der Waals surface area contributed by atoms with Gasteiger partial charge in [0, 0.05) is 30.4 Å². The molecule has 7 heteroatoms. The van der Waals surface area contributed by atoms with Gasteiger partial charge >= 0.3 is 0 Å². The normalized spacial score (nSPS) is 15.9. The van der Waals surface area contributed by atoms with Crippen LogP contribution in [-0.4, -0.2) is 30.4 Å². The predicted octanol–water partition coefficient (Wildman–Crippen LogP) is 2.33. The highest BCUT2D eigenvalue weighted by molar-refractivity contribution is 7.89. The first-order valence-electron chi connectivity index (χ1n) is 7.42. The van der Waals surface area contributed by atoms with Crippen molar-refractivity contribution in [2.75, 3.05) is 13.1 Å². The van der Waals surface area contributed by atoms with Crippen molar-refractivity contribution in [2.45, 2.75) is 24.3 Å². The highest BCUT2D eigenvalue weighted by Crippen LogP contribution is 2.20. The molecule has 5 nitrogen and oxygen atoms in total. The Morgan fingerprint density at radius 2 is 1.83 bits per heavy atom. The summed E-state index contributed by atoms with van der Waals surface area (Å²) in [5.41, 5.74) is 0.598. The Bertz CT molecular complexity index is 871. The maximum Gasteiger partial charge on any atom is 0.250 e. The standard InChI is InChI=1S/C16H17ClN2O3S/c17-14-5-3-4-13(10-14)11-18-12-15(6-7-16(18)20)23(21,22)19-8-1-2-9-19/h3-7,10,12H,1-2,8-9,11H2. The molecule has 3 rings (SSSR count). The molecule has 0 aliphatic carbocycles. The van der Waals surface area contributed by atoms with Gasteiger partial charge in [0.05, 0.1) is 11.4 Å². The first-order chi connectivity index (χ1) is 11.0. The third-order valence-electron chi connectivity index (χ3n) is 3.90. The van der Waals surface area contributed by atoms with Crippen LogP contribution in [0.5, 0.6) is 0 Å².